The van der Waals surface area contributed by atoms with Gasteiger partial charge in [0.05, 0.1) is 6.10 Å². The van der Waals surface area contributed by atoms with E-state index in [-0.39, 0.29) is 0 Å². The van der Waals surface area contributed by atoms with Crippen molar-refractivity contribution in [3.05, 3.63) is 35.4 Å². The fourth-order valence-corrected chi connectivity index (χ4v) is 1.26. The van der Waals surface area contributed by atoms with Gasteiger partial charge in [0.25, 0.3) is 0 Å². The molecule has 1 aromatic carbocycles. The maximum Gasteiger partial charge on any atom is 0.0886 e. The van der Waals surface area contributed by atoms with Crippen molar-refractivity contribution in [1.29, 1.82) is 0 Å². The van der Waals surface area contributed by atoms with E-state index in [4.69, 9.17) is 6.42 Å². The number of terminal acetylenes is 1. The number of aliphatic hydroxyl groups excluding tert-OH is 1. The molecule has 1 aromatic rings. The third kappa shape index (κ3) is 2.10. The first-order valence-corrected chi connectivity index (χ1v) is 4.70. The molecule has 1 N–H and O–H groups in total. The minimum Gasteiger partial charge on any atom is -0.388 e. The molecule has 0 aliphatic heterocycles. The molecule has 1 unspecified atom stereocenters. The first kappa shape index (κ1) is 9.31. The van der Waals surface area contributed by atoms with E-state index in [0.29, 0.717) is 5.33 Å². The molecule has 12 heavy (non-hydrogen) atoms. The first-order valence-electron chi connectivity index (χ1n) is 3.58. The standard InChI is InChI=1S/C10H9BrO/c1-2-8-3-5-9(6-4-8)10(12)7-11/h1,3-6,10,12H,7H2. The molecule has 0 aliphatic carbocycles. The lowest BCUT2D eigenvalue weighted by atomic mass is 10.1. The van der Waals surface area contributed by atoms with Crippen LogP contribution in [0.2, 0.25) is 0 Å². The largest absolute Gasteiger partial charge is 0.388 e. The Bertz CT molecular complexity index is 284. The second-order valence-electron chi connectivity index (χ2n) is 2.44. The molecule has 0 saturated heterocycles. The van der Waals surface area contributed by atoms with Gasteiger partial charge in [-0.05, 0) is 17.7 Å². The lowest BCUT2D eigenvalue weighted by molar-refractivity contribution is 0.205. The molecule has 0 amide bonds. The second-order valence-corrected chi connectivity index (χ2v) is 3.08. The molecule has 0 aromatic heterocycles. The van der Waals surface area contributed by atoms with Crippen LogP contribution in [0.3, 0.4) is 0 Å². The molecule has 2 heteroatoms. The fourth-order valence-electron chi connectivity index (χ4n) is 0.891. The number of rotatable bonds is 2. The number of aliphatic hydroxyl groups is 1. The average Bonchev–Trinajstić information content (AvgIpc) is 2.17. The van der Waals surface area contributed by atoms with Gasteiger partial charge >= 0.3 is 0 Å². The van der Waals surface area contributed by atoms with E-state index in [1.165, 1.54) is 0 Å². The summed E-state index contributed by atoms with van der Waals surface area (Å²) < 4.78 is 0. The second kappa shape index (κ2) is 4.30. The van der Waals surface area contributed by atoms with Gasteiger partial charge in [-0.1, -0.05) is 34.0 Å². The van der Waals surface area contributed by atoms with Gasteiger partial charge in [0.1, 0.15) is 0 Å². The van der Waals surface area contributed by atoms with Gasteiger partial charge in [-0.25, -0.2) is 0 Å². The van der Waals surface area contributed by atoms with Crippen LogP contribution in [0.1, 0.15) is 17.2 Å². The molecule has 0 heterocycles. The molecular formula is C10H9BrO. The van der Waals surface area contributed by atoms with Gasteiger partial charge in [0.2, 0.25) is 0 Å². The van der Waals surface area contributed by atoms with Crippen LogP contribution < -0.4 is 0 Å². The molecule has 1 nitrogen and oxygen atoms in total. The maximum atomic E-state index is 9.39. The number of benzene rings is 1. The maximum absolute atomic E-state index is 9.39. The minimum absolute atomic E-state index is 0.447. The first-order chi connectivity index (χ1) is 5.77. The van der Waals surface area contributed by atoms with E-state index in [9.17, 15) is 5.11 Å². The topological polar surface area (TPSA) is 20.2 Å². The van der Waals surface area contributed by atoms with Crippen LogP contribution in [0.5, 0.6) is 0 Å². The summed E-state index contributed by atoms with van der Waals surface area (Å²) in [6, 6.07) is 7.31. The van der Waals surface area contributed by atoms with Crippen LogP contribution in [0, 0.1) is 12.3 Å². The third-order valence-corrected chi connectivity index (χ3v) is 2.22. The Balaban J connectivity index is 2.86. The lowest BCUT2D eigenvalue weighted by Crippen LogP contribution is -1.97. The van der Waals surface area contributed by atoms with E-state index in [2.05, 4.69) is 21.9 Å². The van der Waals surface area contributed by atoms with Gasteiger partial charge in [-0.3, -0.25) is 0 Å². The summed E-state index contributed by atoms with van der Waals surface area (Å²) in [5.74, 6) is 2.52. The highest BCUT2D eigenvalue weighted by molar-refractivity contribution is 9.09. The summed E-state index contributed by atoms with van der Waals surface area (Å²) in [6.07, 6.45) is 4.74. The normalized spacial score (nSPS) is 12.1. The molecule has 0 spiro atoms. The zero-order valence-corrected chi connectivity index (χ0v) is 8.08. The van der Waals surface area contributed by atoms with Gasteiger partial charge in [0.15, 0.2) is 0 Å². The fraction of sp³-hybridized carbons (Fsp3) is 0.200. The zero-order chi connectivity index (χ0) is 8.97. The number of hydrogen-bond acceptors (Lipinski definition) is 1. The van der Waals surface area contributed by atoms with Crippen molar-refractivity contribution < 1.29 is 5.11 Å². The minimum atomic E-state index is -0.447. The highest BCUT2D eigenvalue weighted by Gasteiger charge is 2.03. The van der Waals surface area contributed by atoms with Crippen molar-refractivity contribution in [2.45, 2.75) is 6.10 Å². The summed E-state index contributed by atoms with van der Waals surface area (Å²) in [5.41, 5.74) is 1.71. The SMILES string of the molecule is C#Cc1ccc(C(O)CBr)cc1. The van der Waals surface area contributed by atoms with E-state index >= 15 is 0 Å². The molecule has 0 saturated carbocycles. The molecule has 0 fully saturated rings. The van der Waals surface area contributed by atoms with Crippen molar-refractivity contribution >= 4 is 15.9 Å². The third-order valence-electron chi connectivity index (χ3n) is 1.61. The van der Waals surface area contributed by atoms with Crippen molar-refractivity contribution in [3.8, 4) is 12.3 Å². The van der Waals surface area contributed by atoms with Crippen molar-refractivity contribution in [1.82, 2.24) is 0 Å². The van der Waals surface area contributed by atoms with Crippen LogP contribution in [-0.4, -0.2) is 10.4 Å². The predicted octanol–water partition coefficient (Wildman–Crippen LogP) is 2.10. The van der Waals surface area contributed by atoms with Gasteiger partial charge in [-0.15, -0.1) is 6.42 Å². The van der Waals surface area contributed by atoms with Crippen molar-refractivity contribution in [2.75, 3.05) is 5.33 Å². The van der Waals surface area contributed by atoms with Crippen molar-refractivity contribution in [2.24, 2.45) is 0 Å². The quantitative estimate of drug-likeness (QED) is 0.603. The van der Waals surface area contributed by atoms with Crippen LogP contribution in [0.4, 0.5) is 0 Å². The number of alkyl halides is 1. The van der Waals surface area contributed by atoms with Gasteiger partial charge < -0.3 is 5.11 Å². The molecular weight excluding hydrogens is 216 g/mol. The van der Waals surface area contributed by atoms with Crippen molar-refractivity contribution in [3.63, 3.8) is 0 Å². The molecule has 0 aliphatic rings. The Morgan fingerprint density at radius 1 is 1.42 bits per heavy atom. The van der Waals surface area contributed by atoms with Gasteiger partial charge in [-0.2, -0.15) is 0 Å². The summed E-state index contributed by atoms with van der Waals surface area (Å²) in [4.78, 5) is 0. The summed E-state index contributed by atoms with van der Waals surface area (Å²) in [6.45, 7) is 0. The lowest BCUT2D eigenvalue weighted by Gasteiger charge is -2.05. The average molecular weight is 225 g/mol. The van der Waals surface area contributed by atoms with Crippen LogP contribution in [-0.2, 0) is 0 Å². The van der Waals surface area contributed by atoms with E-state index < -0.39 is 6.10 Å². The van der Waals surface area contributed by atoms with Gasteiger partial charge in [0, 0.05) is 10.9 Å². The Morgan fingerprint density at radius 3 is 2.42 bits per heavy atom. The number of hydrogen-bond donors (Lipinski definition) is 1. The molecule has 0 bridgehead atoms. The Hall–Kier alpha value is -0.780. The Labute approximate surface area is 80.6 Å². The van der Waals surface area contributed by atoms with Crippen LogP contribution >= 0.6 is 15.9 Å². The monoisotopic (exact) mass is 224 g/mol. The number of halogens is 1. The zero-order valence-electron chi connectivity index (χ0n) is 6.50. The smallest absolute Gasteiger partial charge is 0.0886 e. The highest BCUT2D eigenvalue weighted by Crippen LogP contribution is 2.15. The Morgan fingerprint density at radius 2 is 2.00 bits per heavy atom. The van der Waals surface area contributed by atoms with E-state index in [0.717, 1.165) is 11.1 Å². The van der Waals surface area contributed by atoms with Crippen LogP contribution in [0.25, 0.3) is 0 Å². The van der Waals surface area contributed by atoms with Crippen LogP contribution in [0.15, 0.2) is 24.3 Å². The molecule has 62 valence electrons. The predicted molar refractivity (Wildman–Crippen MR) is 53.1 cm³/mol. The highest BCUT2D eigenvalue weighted by atomic mass is 79.9. The van der Waals surface area contributed by atoms with E-state index in [1.54, 1.807) is 0 Å². The molecule has 0 radical (unpaired) electrons. The summed E-state index contributed by atoms with van der Waals surface area (Å²) in [5, 5.41) is 9.94. The molecule has 1 atom stereocenters. The summed E-state index contributed by atoms with van der Waals surface area (Å²) >= 11 is 3.20. The van der Waals surface area contributed by atoms with E-state index in [1.807, 2.05) is 24.3 Å². The molecule has 1 rings (SSSR count). The summed E-state index contributed by atoms with van der Waals surface area (Å²) in [7, 11) is 0. The Kier molecular flexibility index (Phi) is 3.33.